The molecule has 0 aliphatic carbocycles. The molecule has 1 aromatic rings. The van der Waals surface area contributed by atoms with Crippen molar-refractivity contribution in [2.45, 2.75) is 52.5 Å². The topological polar surface area (TPSA) is 107 Å². The van der Waals surface area contributed by atoms with Crippen LogP contribution in [-0.4, -0.2) is 44.7 Å². The molecule has 1 heterocycles. The number of nitrogens with one attached hydrogen (secondary N) is 1. The molecule has 1 aliphatic rings. The molecule has 1 unspecified atom stereocenters. The molecule has 0 saturated heterocycles. The van der Waals surface area contributed by atoms with Crippen LogP contribution in [0.4, 0.5) is 13.2 Å². The minimum atomic E-state index is -4.79. The summed E-state index contributed by atoms with van der Waals surface area (Å²) < 4.78 is 63.9. The first-order valence-corrected chi connectivity index (χ1v) is 11.4. The van der Waals surface area contributed by atoms with E-state index in [-0.39, 0.29) is 61.0 Å². The molecule has 0 bridgehead atoms. The van der Waals surface area contributed by atoms with E-state index in [4.69, 9.17) is 24.2 Å². The van der Waals surface area contributed by atoms with Gasteiger partial charge in [-0.05, 0) is 39.3 Å². The van der Waals surface area contributed by atoms with Crippen LogP contribution in [0.3, 0.4) is 0 Å². The SMILES string of the molecule is CCOC(=O)C1=C(C(OCC)OCC)NC(C)=C(C(=O)OCCC#N)C1c1ccccc1C(F)(F)F. The summed E-state index contributed by atoms with van der Waals surface area (Å²) in [5.74, 6) is -3.43. The largest absolute Gasteiger partial charge is 0.463 e. The zero-order valence-corrected chi connectivity index (χ0v) is 20.5. The molecule has 2 rings (SSSR count). The molecular weight excluding hydrogens is 481 g/mol. The Hall–Kier alpha value is -3.36. The number of nitriles is 1. The summed E-state index contributed by atoms with van der Waals surface area (Å²) in [5.41, 5.74) is -1.68. The second-order valence-corrected chi connectivity index (χ2v) is 7.52. The molecule has 11 heteroatoms. The summed E-state index contributed by atoms with van der Waals surface area (Å²) in [7, 11) is 0. The van der Waals surface area contributed by atoms with Crippen LogP contribution in [0.15, 0.2) is 46.8 Å². The normalized spacial score (nSPS) is 16.0. The monoisotopic (exact) mass is 510 g/mol. The highest BCUT2D eigenvalue weighted by Crippen LogP contribution is 2.45. The number of alkyl halides is 3. The third-order valence-corrected chi connectivity index (χ3v) is 5.20. The van der Waals surface area contributed by atoms with Crippen molar-refractivity contribution in [1.29, 1.82) is 5.26 Å². The first-order chi connectivity index (χ1) is 17.1. The Morgan fingerprint density at radius 3 is 2.19 bits per heavy atom. The Bertz CT molecular complexity index is 1050. The molecule has 0 saturated carbocycles. The molecule has 0 fully saturated rings. The number of ether oxygens (including phenoxy) is 4. The van der Waals surface area contributed by atoms with Gasteiger partial charge in [-0.2, -0.15) is 18.4 Å². The zero-order valence-electron chi connectivity index (χ0n) is 20.5. The van der Waals surface area contributed by atoms with Crippen LogP contribution in [0, 0.1) is 11.3 Å². The molecule has 0 radical (unpaired) electrons. The van der Waals surface area contributed by atoms with Gasteiger partial charge in [-0.1, -0.05) is 18.2 Å². The third kappa shape index (κ3) is 6.65. The number of benzene rings is 1. The number of rotatable bonds is 11. The fraction of sp³-hybridized carbons (Fsp3) is 0.480. The predicted octanol–water partition coefficient (Wildman–Crippen LogP) is 4.34. The van der Waals surface area contributed by atoms with Crippen LogP contribution in [0.1, 0.15) is 51.2 Å². The first-order valence-electron chi connectivity index (χ1n) is 11.4. The lowest BCUT2D eigenvalue weighted by Gasteiger charge is -2.35. The molecule has 1 N–H and O–H groups in total. The van der Waals surface area contributed by atoms with Crippen LogP contribution in [0.5, 0.6) is 0 Å². The maximum Gasteiger partial charge on any atom is 0.416 e. The number of esters is 2. The maximum absolute atomic E-state index is 14.1. The van der Waals surface area contributed by atoms with E-state index >= 15 is 0 Å². The van der Waals surface area contributed by atoms with Gasteiger partial charge in [0.05, 0.1) is 47.4 Å². The molecule has 1 atom stereocenters. The van der Waals surface area contributed by atoms with E-state index in [1.54, 1.807) is 20.8 Å². The number of hydrogen-bond donors (Lipinski definition) is 1. The second-order valence-electron chi connectivity index (χ2n) is 7.52. The van der Waals surface area contributed by atoms with Crippen LogP contribution in [-0.2, 0) is 34.7 Å². The quantitative estimate of drug-likeness (QED) is 0.266. The van der Waals surface area contributed by atoms with Gasteiger partial charge in [0.25, 0.3) is 0 Å². The summed E-state index contributed by atoms with van der Waals surface area (Å²) in [5, 5.41) is 11.7. The Labute approximate surface area is 207 Å². The van der Waals surface area contributed by atoms with Crippen molar-refractivity contribution in [2.75, 3.05) is 26.4 Å². The Kier molecular flexibility index (Phi) is 10.5. The van der Waals surface area contributed by atoms with E-state index in [0.717, 1.165) is 6.07 Å². The van der Waals surface area contributed by atoms with Crippen molar-refractivity contribution in [3.05, 3.63) is 57.9 Å². The minimum Gasteiger partial charge on any atom is -0.463 e. The van der Waals surface area contributed by atoms with Crippen molar-refractivity contribution < 1.29 is 41.7 Å². The summed E-state index contributed by atoms with van der Waals surface area (Å²) in [4.78, 5) is 26.4. The number of dihydropyridines is 1. The first kappa shape index (κ1) is 28.9. The van der Waals surface area contributed by atoms with Gasteiger partial charge in [0.15, 0.2) is 6.29 Å². The lowest BCUT2D eigenvalue weighted by molar-refractivity contribution is -0.143. The standard InChI is InChI=1S/C25H29F3N2O6/c1-5-33-23(32)20-19(16-11-8-9-12-17(16)25(26,27)28)18(22(31)36-14-10-13-29)15(4)30-21(20)24(34-6-2)35-7-3/h8-9,11-12,19,24,30H,5-7,10,14H2,1-4H3. The number of carbonyl (C=O) groups is 2. The van der Waals surface area contributed by atoms with Gasteiger partial charge in [-0.15, -0.1) is 0 Å². The molecule has 0 aromatic heterocycles. The second kappa shape index (κ2) is 13.1. The molecule has 0 spiro atoms. The smallest absolute Gasteiger partial charge is 0.416 e. The lowest BCUT2D eigenvalue weighted by atomic mass is 9.78. The summed E-state index contributed by atoms with van der Waals surface area (Å²) >= 11 is 0. The van der Waals surface area contributed by atoms with Gasteiger partial charge >= 0.3 is 18.1 Å². The molecule has 196 valence electrons. The number of nitrogens with zero attached hydrogens (tertiary/aromatic N) is 1. The van der Waals surface area contributed by atoms with Crippen molar-refractivity contribution >= 4 is 11.9 Å². The van der Waals surface area contributed by atoms with Crippen LogP contribution in [0.2, 0.25) is 0 Å². The summed E-state index contributed by atoms with van der Waals surface area (Å²) in [6, 6.07) is 6.49. The fourth-order valence-corrected chi connectivity index (χ4v) is 3.85. The average molecular weight is 511 g/mol. The van der Waals surface area contributed by atoms with Gasteiger partial charge in [0, 0.05) is 18.9 Å². The lowest BCUT2D eigenvalue weighted by Crippen LogP contribution is -2.39. The van der Waals surface area contributed by atoms with E-state index in [0.29, 0.717) is 0 Å². The molecule has 8 nitrogen and oxygen atoms in total. The number of hydrogen-bond acceptors (Lipinski definition) is 8. The molecule has 1 aliphatic heterocycles. The van der Waals surface area contributed by atoms with Crippen LogP contribution < -0.4 is 5.32 Å². The number of halogens is 3. The van der Waals surface area contributed by atoms with Crippen LogP contribution >= 0.6 is 0 Å². The highest BCUT2D eigenvalue weighted by atomic mass is 19.4. The fourth-order valence-electron chi connectivity index (χ4n) is 3.85. The number of carbonyl (C=O) groups excluding carboxylic acids is 2. The Morgan fingerprint density at radius 1 is 1.03 bits per heavy atom. The van der Waals surface area contributed by atoms with E-state index in [1.807, 2.05) is 6.07 Å². The number of allylic oxidation sites excluding steroid dienone is 1. The summed E-state index contributed by atoms with van der Waals surface area (Å²) in [6.45, 7) is 6.40. The van der Waals surface area contributed by atoms with Crippen molar-refractivity contribution in [2.24, 2.45) is 0 Å². The molecular formula is C25H29F3N2O6. The van der Waals surface area contributed by atoms with E-state index in [2.05, 4.69) is 5.32 Å². The van der Waals surface area contributed by atoms with E-state index in [1.165, 1.54) is 25.1 Å². The third-order valence-electron chi connectivity index (χ3n) is 5.20. The van der Waals surface area contributed by atoms with Crippen molar-refractivity contribution in [3.8, 4) is 6.07 Å². The Balaban J connectivity index is 2.89. The molecule has 1 aromatic carbocycles. The average Bonchev–Trinajstić information content (AvgIpc) is 2.82. The zero-order chi connectivity index (χ0) is 26.9. The highest BCUT2D eigenvalue weighted by molar-refractivity contribution is 6.00. The molecule has 0 amide bonds. The Morgan fingerprint density at radius 2 is 1.64 bits per heavy atom. The van der Waals surface area contributed by atoms with Crippen LogP contribution in [0.25, 0.3) is 0 Å². The van der Waals surface area contributed by atoms with Gasteiger partial charge in [-0.25, -0.2) is 9.59 Å². The maximum atomic E-state index is 14.1. The van der Waals surface area contributed by atoms with Gasteiger partial charge in [0.1, 0.15) is 6.61 Å². The van der Waals surface area contributed by atoms with E-state index in [9.17, 15) is 22.8 Å². The van der Waals surface area contributed by atoms with Gasteiger partial charge in [-0.3, -0.25) is 0 Å². The van der Waals surface area contributed by atoms with Crippen molar-refractivity contribution in [3.63, 3.8) is 0 Å². The highest BCUT2D eigenvalue weighted by Gasteiger charge is 2.45. The minimum absolute atomic E-state index is 0.0326. The predicted molar refractivity (Wildman–Crippen MR) is 122 cm³/mol. The van der Waals surface area contributed by atoms with E-state index < -0.39 is 35.9 Å². The molecule has 36 heavy (non-hydrogen) atoms. The van der Waals surface area contributed by atoms with Crippen molar-refractivity contribution in [1.82, 2.24) is 5.32 Å². The van der Waals surface area contributed by atoms with Gasteiger partial charge in [0.2, 0.25) is 0 Å². The van der Waals surface area contributed by atoms with Gasteiger partial charge < -0.3 is 24.3 Å². The summed E-state index contributed by atoms with van der Waals surface area (Å²) in [6.07, 6.45) is -6.05.